The van der Waals surface area contributed by atoms with Crippen LogP contribution in [0.25, 0.3) is 0 Å². The molecule has 0 amide bonds. The lowest BCUT2D eigenvalue weighted by molar-refractivity contribution is -0.145. The molecule has 2 N–H and O–H groups in total. The lowest BCUT2D eigenvalue weighted by Crippen LogP contribution is -2.50. The van der Waals surface area contributed by atoms with E-state index in [4.69, 9.17) is 5.11 Å². The number of imidazole rings is 1. The van der Waals surface area contributed by atoms with Crippen LogP contribution in [-0.4, -0.2) is 46.4 Å². The summed E-state index contributed by atoms with van der Waals surface area (Å²) in [4.78, 5) is 17.6. The van der Waals surface area contributed by atoms with Gasteiger partial charge in [-0.15, -0.1) is 0 Å². The molecule has 1 aromatic heterocycles. The van der Waals surface area contributed by atoms with Gasteiger partial charge in [-0.1, -0.05) is 6.92 Å². The zero-order valence-electron chi connectivity index (χ0n) is 10.8. The molecule has 0 saturated carbocycles. The molecule has 0 fully saturated rings. The largest absolute Gasteiger partial charge is 0.480 e. The summed E-state index contributed by atoms with van der Waals surface area (Å²) in [6.07, 6.45) is 1.77. The average Bonchev–Trinajstić information content (AvgIpc) is 2.76. The van der Waals surface area contributed by atoms with Crippen molar-refractivity contribution in [3.8, 4) is 0 Å². The van der Waals surface area contributed by atoms with Crippen molar-refractivity contribution in [3.63, 3.8) is 0 Å². The molecule has 0 saturated heterocycles. The Balaban J connectivity index is 3.18. The summed E-state index contributed by atoms with van der Waals surface area (Å²) >= 11 is 0. The fraction of sp³-hybridized carbons (Fsp3) is 0.600. The Bertz CT molecular complexity index is 547. The molecule has 0 aromatic carbocycles. The molecular weight excluding hydrogens is 258 g/mol. The normalized spacial score (nSPS) is 12.9. The number of aromatic amines is 1. The first kappa shape index (κ1) is 14.7. The van der Waals surface area contributed by atoms with Gasteiger partial charge in [0.05, 0.1) is 6.20 Å². The predicted octanol–water partition coefficient (Wildman–Crippen LogP) is 0.456. The van der Waals surface area contributed by atoms with Crippen LogP contribution >= 0.6 is 0 Å². The van der Waals surface area contributed by atoms with E-state index in [1.165, 1.54) is 27.1 Å². The second-order valence-corrected chi connectivity index (χ2v) is 6.32. The quantitative estimate of drug-likeness (QED) is 0.812. The number of likely N-dealkylation sites (N-methyl/N-ethyl adjacent to an activating group) is 1. The van der Waals surface area contributed by atoms with Crippen molar-refractivity contribution in [2.45, 2.75) is 37.8 Å². The van der Waals surface area contributed by atoms with Crippen LogP contribution in [0.5, 0.6) is 0 Å². The number of nitrogens with one attached hydrogen (secondary N) is 1. The predicted molar refractivity (Wildman–Crippen MR) is 64.6 cm³/mol. The van der Waals surface area contributed by atoms with Crippen LogP contribution in [-0.2, 0) is 21.2 Å². The molecule has 0 aliphatic heterocycles. The number of hydrogen-bond donors (Lipinski definition) is 2. The monoisotopic (exact) mass is 275 g/mol. The van der Waals surface area contributed by atoms with Crippen LogP contribution in [0, 0.1) is 0 Å². The Labute approximate surface area is 106 Å². The standard InChI is InChI=1S/C10H17N3O4S/c1-5-7-11-6-8(12-7)18(16,17)13(4)10(2,3)9(14)15/h6H,5H2,1-4H3,(H,11,12)(H,14,15). The topological polar surface area (TPSA) is 103 Å². The van der Waals surface area contributed by atoms with Gasteiger partial charge in [-0.05, 0) is 13.8 Å². The van der Waals surface area contributed by atoms with Gasteiger partial charge < -0.3 is 10.1 Å². The molecule has 1 aromatic rings. The van der Waals surface area contributed by atoms with Crippen LogP contribution in [0.15, 0.2) is 11.2 Å². The van der Waals surface area contributed by atoms with Crippen LogP contribution in [0.2, 0.25) is 0 Å². The van der Waals surface area contributed by atoms with Crippen molar-refractivity contribution in [2.24, 2.45) is 0 Å². The van der Waals surface area contributed by atoms with Gasteiger partial charge in [-0.2, -0.15) is 4.31 Å². The minimum absolute atomic E-state index is 0.101. The van der Waals surface area contributed by atoms with E-state index in [0.717, 1.165) is 4.31 Å². The highest BCUT2D eigenvalue weighted by Crippen LogP contribution is 2.21. The third-order valence-electron chi connectivity index (χ3n) is 2.89. The second-order valence-electron chi connectivity index (χ2n) is 4.38. The Hall–Kier alpha value is -1.41. The Morgan fingerprint density at radius 3 is 2.50 bits per heavy atom. The number of nitrogens with zero attached hydrogens (tertiary/aromatic N) is 2. The molecule has 7 nitrogen and oxygen atoms in total. The van der Waals surface area contributed by atoms with E-state index in [-0.39, 0.29) is 5.03 Å². The molecule has 1 rings (SSSR count). The third-order valence-corrected chi connectivity index (χ3v) is 4.83. The Morgan fingerprint density at radius 2 is 2.11 bits per heavy atom. The number of rotatable bonds is 5. The van der Waals surface area contributed by atoms with Gasteiger partial charge in [0, 0.05) is 13.5 Å². The number of aryl methyl sites for hydroxylation is 1. The molecule has 102 valence electrons. The van der Waals surface area contributed by atoms with Crippen LogP contribution in [0.1, 0.15) is 26.6 Å². The maximum absolute atomic E-state index is 12.2. The summed E-state index contributed by atoms with van der Waals surface area (Å²) in [5.41, 5.74) is -1.53. The van der Waals surface area contributed by atoms with Gasteiger partial charge in [0.25, 0.3) is 10.0 Å². The lowest BCUT2D eigenvalue weighted by Gasteiger charge is -2.29. The molecule has 18 heavy (non-hydrogen) atoms. The van der Waals surface area contributed by atoms with Crippen molar-refractivity contribution in [1.29, 1.82) is 0 Å². The van der Waals surface area contributed by atoms with Gasteiger partial charge in [0.1, 0.15) is 11.4 Å². The van der Waals surface area contributed by atoms with Crippen molar-refractivity contribution in [1.82, 2.24) is 14.3 Å². The Morgan fingerprint density at radius 1 is 1.56 bits per heavy atom. The average molecular weight is 275 g/mol. The zero-order chi connectivity index (χ0) is 14.1. The van der Waals surface area contributed by atoms with E-state index in [1.807, 2.05) is 6.92 Å². The molecule has 1 heterocycles. The number of H-pyrrole nitrogens is 1. The number of sulfonamides is 1. The second kappa shape index (κ2) is 4.69. The highest BCUT2D eigenvalue weighted by Gasteiger charge is 2.40. The first-order valence-corrected chi connectivity index (χ1v) is 6.84. The highest BCUT2D eigenvalue weighted by molar-refractivity contribution is 7.89. The van der Waals surface area contributed by atoms with Gasteiger partial charge in [-0.25, -0.2) is 13.4 Å². The fourth-order valence-corrected chi connectivity index (χ4v) is 2.64. The molecule has 0 bridgehead atoms. The maximum atomic E-state index is 12.2. The number of aromatic nitrogens is 2. The van der Waals surface area contributed by atoms with Crippen LogP contribution in [0.3, 0.4) is 0 Å². The third kappa shape index (κ3) is 2.39. The van der Waals surface area contributed by atoms with Crippen molar-refractivity contribution < 1.29 is 18.3 Å². The summed E-state index contributed by atoms with van der Waals surface area (Å²) in [6.45, 7) is 4.48. The fourth-order valence-electron chi connectivity index (χ4n) is 1.24. The van der Waals surface area contributed by atoms with E-state index in [9.17, 15) is 13.2 Å². The van der Waals surface area contributed by atoms with E-state index in [0.29, 0.717) is 12.2 Å². The number of carbonyl (C=O) groups is 1. The molecule has 0 unspecified atom stereocenters. The molecule has 0 aliphatic carbocycles. The van der Waals surface area contributed by atoms with E-state index in [1.54, 1.807) is 0 Å². The van der Waals surface area contributed by atoms with E-state index in [2.05, 4.69) is 9.97 Å². The number of aliphatic carboxylic acids is 1. The minimum atomic E-state index is -3.90. The van der Waals surface area contributed by atoms with Gasteiger partial charge in [0.2, 0.25) is 0 Å². The molecular formula is C10H17N3O4S. The van der Waals surface area contributed by atoms with Gasteiger partial charge in [-0.3, -0.25) is 4.79 Å². The lowest BCUT2D eigenvalue weighted by atomic mass is 10.1. The molecule has 0 radical (unpaired) electrons. The van der Waals surface area contributed by atoms with Crippen molar-refractivity contribution in [3.05, 3.63) is 12.0 Å². The smallest absolute Gasteiger partial charge is 0.324 e. The first-order valence-electron chi connectivity index (χ1n) is 5.40. The molecule has 0 spiro atoms. The summed E-state index contributed by atoms with van der Waals surface area (Å²) in [7, 11) is -2.66. The number of carboxylic acids is 1. The first-order chi connectivity index (χ1) is 8.14. The summed E-state index contributed by atoms with van der Waals surface area (Å²) < 4.78 is 25.2. The summed E-state index contributed by atoms with van der Waals surface area (Å²) in [5, 5.41) is 8.94. The highest BCUT2D eigenvalue weighted by atomic mass is 32.2. The van der Waals surface area contributed by atoms with Gasteiger partial charge >= 0.3 is 5.97 Å². The number of carboxylic acid groups (broad SMARTS) is 1. The molecule has 8 heteroatoms. The van der Waals surface area contributed by atoms with Crippen molar-refractivity contribution >= 4 is 16.0 Å². The Kier molecular flexibility index (Phi) is 3.82. The van der Waals surface area contributed by atoms with E-state index >= 15 is 0 Å². The minimum Gasteiger partial charge on any atom is -0.480 e. The van der Waals surface area contributed by atoms with Crippen LogP contribution in [0.4, 0.5) is 0 Å². The zero-order valence-corrected chi connectivity index (χ0v) is 11.6. The van der Waals surface area contributed by atoms with Gasteiger partial charge in [0.15, 0.2) is 5.03 Å². The van der Waals surface area contributed by atoms with Crippen molar-refractivity contribution in [2.75, 3.05) is 7.05 Å². The maximum Gasteiger partial charge on any atom is 0.324 e. The molecule has 0 aliphatic rings. The summed E-state index contributed by atoms with van der Waals surface area (Å²) in [6, 6.07) is 0. The molecule has 0 atom stereocenters. The summed E-state index contributed by atoms with van der Waals surface area (Å²) in [5.74, 6) is -0.682. The van der Waals surface area contributed by atoms with Crippen LogP contribution < -0.4 is 0 Å². The van der Waals surface area contributed by atoms with E-state index < -0.39 is 21.5 Å². The SMILES string of the molecule is CCc1ncc(S(=O)(=O)N(C)C(C)(C)C(=O)O)[nH]1. The number of hydrogen-bond acceptors (Lipinski definition) is 4.